The van der Waals surface area contributed by atoms with Crippen LogP contribution in [-0.4, -0.2) is 21.1 Å². The highest BCUT2D eigenvalue weighted by atomic mass is 32.2. The first-order chi connectivity index (χ1) is 12.6. The van der Waals surface area contributed by atoms with Gasteiger partial charge in [0, 0.05) is 17.9 Å². The summed E-state index contributed by atoms with van der Waals surface area (Å²) in [6.07, 6.45) is 6.55. The van der Waals surface area contributed by atoms with Gasteiger partial charge in [-0.2, -0.15) is 0 Å². The van der Waals surface area contributed by atoms with Gasteiger partial charge in [-0.05, 0) is 74.2 Å². The smallest absolute Gasteiger partial charge is 0.261 e. The Balaban J connectivity index is 1.64. The molecule has 1 aliphatic carbocycles. The maximum atomic E-state index is 12.5. The summed E-state index contributed by atoms with van der Waals surface area (Å²) in [5.74, 6) is 0.716. The first-order valence-corrected chi connectivity index (χ1v) is 10.3. The minimum absolute atomic E-state index is 0.213. The van der Waals surface area contributed by atoms with Crippen molar-refractivity contribution in [2.45, 2.75) is 36.7 Å². The van der Waals surface area contributed by atoms with Crippen LogP contribution in [-0.2, 0) is 10.0 Å². The second-order valence-corrected chi connectivity index (χ2v) is 8.03. The van der Waals surface area contributed by atoms with Crippen molar-refractivity contribution >= 4 is 21.4 Å². The maximum Gasteiger partial charge on any atom is 0.261 e. The molecular weight excluding hydrogens is 348 g/mol. The van der Waals surface area contributed by atoms with Gasteiger partial charge in [-0.25, -0.2) is 8.42 Å². The standard InChI is InChI=1S/C20H24N2O3S/c1-2-15-21-16-7-9-17(10-8-16)22-26(23,24)20-13-11-19(12-14-20)25-18-5-3-4-6-18/h2,7-14,18,21-22H,1,3-6,15H2. The molecule has 0 aliphatic heterocycles. The molecule has 6 heteroatoms. The Hall–Kier alpha value is -2.47. The van der Waals surface area contributed by atoms with Crippen LogP contribution >= 0.6 is 0 Å². The molecule has 138 valence electrons. The SMILES string of the molecule is C=CCNc1ccc(NS(=O)(=O)c2ccc(OC3CCCC3)cc2)cc1. The second-order valence-electron chi connectivity index (χ2n) is 6.35. The Morgan fingerprint density at radius 2 is 1.62 bits per heavy atom. The fourth-order valence-corrected chi connectivity index (χ4v) is 4.01. The predicted octanol–water partition coefficient (Wildman–Crippen LogP) is 4.41. The average molecular weight is 372 g/mol. The molecule has 2 aromatic rings. The largest absolute Gasteiger partial charge is 0.490 e. The highest BCUT2D eigenvalue weighted by Gasteiger charge is 2.18. The van der Waals surface area contributed by atoms with Gasteiger partial charge in [0.2, 0.25) is 0 Å². The van der Waals surface area contributed by atoms with Crippen molar-refractivity contribution in [2.75, 3.05) is 16.6 Å². The summed E-state index contributed by atoms with van der Waals surface area (Å²) in [6.45, 7) is 4.30. The van der Waals surface area contributed by atoms with Crippen LogP contribution in [0.1, 0.15) is 25.7 Å². The summed E-state index contributed by atoms with van der Waals surface area (Å²) < 4.78 is 33.5. The number of hydrogen-bond donors (Lipinski definition) is 2. The lowest BCUT2D eigenvalue weighted by Gasteiger charge is -2.14. The molecule has 0 saturated heterocycles. The zero-order chi connectivity index (χ0) is 18.4. The molecule has 3 rings (SSSR count). The van der Waals surface area contributed by atoms with E-state index >= 15 is 0 Å². The summed E-state index contributed by atoms with van der Waals surface area (Å²) in [6, 6.07) is 13.7. The van der Waals surface area contributed by atoms with E-state index in [-0.39, 0.29) is 11.0 Å². The molecule has 2 aromatic carbocycles. The molecule has 1 fully saturated rings. The molecule has 0 heterocycles. The average Bonchev–Trinajstić information content (AvgIpc) is 3.14. The van der Waals surface area contributed by atoms with Crippen LogP contribution in [0.15, 0.2) is 66.1 Å². The van der Waals surface area contributed by atoms with Gasteiger partial charge in [0.25, 0.3) is 10.0 Å². The van der Waals surface area contributed by atoms with E-state index in [2.05, 4.69) is 16.6 Å². The summed E-state index contributed by atoms with van der Waals surface area (Å²) in [5.41, 5.74) is 1.42. The summed E-state index contributed by atoms with van der Waals surface area (Å²) in [4.78, 5) is 0.213. The fourth-order valence-electron chi connectivity index (χ4n) is 2.96. The van der Waals surface area contributed by atoms with Crippen LogP contribution in [0, 0.1) is 0 Å². The van der Waals surface area contributed by atoms with Crippen molar-refractivity contribution in [3.05, 3.63) is 61.2 Å². The van der Waals surface area contributed by atoms with Crippen LogP contribution in [0.5, 0.6) is 5.75 Å². The summed E-state index contributed by atoms with van der Waals surface area (Å²) in [5, 5.41) is 3.14. The van der Waals surface area contributed by atoms with Crippen molar-refractivity contribution < 1.29 is 13.2 Å². The first-order valence-electron chi connectivity index (χ1n) is 8.81. The van der Waals surface area contributed by atoms with Crippen molar-refractivity contribution in [1.29, 1.82) is 0 Å². The van der Waals surface area contributed by atoms with E-state index in [0.717, 1.165) is 18.5 Å². The Bertz CT molecular complexity index is 824. The van der Waals surface area contributed by atoms with E-state index in [1.807, 2.05) is 12.1 Å². The Kier molecular flexibility index (Phi) is 5.83. The topological polar surface area (TPSA) is 67.4 Å². The highest BCUT2D eigenvalue weighted by Crippen LogP contribution is 2.25. The van der Waals surface area contributed by atoms with Crippen molar-refractivity contribution in [2.24, 2.45) is 0 Å². The van der Waals surface area contributed by atoms with Gasteiger partial charge in [-0.1, -0.05) is 6.08 Å². The van der Waals surface area contributed by atoms with Gasteiger partial charge in [0.15, 0.2) is 0 Å². The molecule has 1 aliphatic rings. The van der Waals surface area contributed by atoms with Gasteiger partial charge in [-0.15, -0.1) is 6.58 Å². The Morgan fingerprint density at radius 3 is 2.23 bits per heavy atom. The Labute approximate surface area is 155 Å². The molecule has 26 heavy (non-hydrogen) atoms. The summed E-state index contributed by atoms with van der Waals surface area (Å²) in [7, 11) is -3.63. The molecule has 0 atom stereocenters. The number of benzene rings is 2. The molecule has 0 spiro atoms. The predicted molar refractivity (Wildman–Crippen MR) is 105 cm³/mol. The van der Waals surface area contributed by atoms with E-state index in [4.69, 9.17) is 4.74 Å². The third kappa shape index (κ3) is 4.79. The number of sulfonamides is 1. The zero-order valence-corrected chi connectivity index (χ0v) is 15.5. The van der Waals surface area contributed by atoms with Crippen molar-refractivity contribution in [1.82, 2.24) is 0 Å². The van der Waals surface area contributed by atoms with Crippen molar-refractivity contribution in [3.8, 4) is 5.75 Å². The third-order valence-electron chi connectivity index (χ3n) is 4.33. The van der Waals surface area contributed by atoms with E-state index in [1.165, 1.54) is 12.8 Å². The van der Waals surface area contributed by atoms with Crippen LogP contribution < -0.4 is 14.8 Å². The van der Waals surface area contributed by atoms with Gasteiger partial charge in [-0.3, -0.25) is 4.72 Å². The van der Waals surface area contributed by atoms with Gasteiger partial charge in [0.05, 0.1) is 11.0 Å². The molecule has 2 N–H and O–H groups in total. The Morgan fingerprint density at radius 1 is 1.00 bits per heavy atom. The van der Waals surface area contributed by atoms with Crippen LogP contribution in [0.4, 0.5) is 11.4 Å². The van der Waals surface area contributed by atoms with Crippen LogP contribution in [0.3, 0.4) is 0 Å². The van der Waals surface area contributed by atoms with Gasteiger partial charge in [0.1, 0.15) is 5.75 Å². The zero-order valence-electron chi connectivity index (χ0n) is 14.6. The lowest BCUT2D eigenvalue weighted by Crippen LogP contribution is -2.13. The van der Waals surface area contributed by atoms with Crippen molar-refractivity contribution in [3.63, 3.8) is 0 Å². The first kappa shape index (κ1) is 18.3. The number of anilines is 2. The monoisotopic (exact) mass is 372 g/mol. The highest BCUT2D eigenvalue weighted by molar-refractivity contribution is 7.92. The van der Waals surface area contributed by atoms with E-state index in [1.54, 1.807) is 42.5 Å². The van der Waals surface area contributed by atoms with Gasteiger partial charge >= 0.3 is 0 Å². The normalized spacial score (nSPS) is 14.8. The molecule has 1 saturated carbocycles. The van der Waals surface area contributed by atoms with Gasteiger partial charge < -0.3 is 10.1 Å². The minimum Gasteiger partial charge on any atom is -0.490 e. The molecule has 5 nitrogen and oxygen atoms in total. The molecular formula is C20H24N2O3S. The third-order valence-corrected chi connectivity index (χ3v) is 5.72. The number of hydrogen-bond acceptors (Lipinski definition) is 4. The van der Waals surface area contributed by atoms with E-state index in [9.17, 15) is 8.42 Å². The lowest BCUT2D eigenvalue weighted by atomic mass is 10.3. The maximum absolute atomic E-state index is 12.5. The van der Waals surface area contributed by atoms with Crippen LogP contribution in [0.25, 0.3) is 0 Å². The molecule has 0 aromatic heterocycles. The second kappa shape index (κ2) is 8.27. The number of rotatable bonds is 8. The fraction of sp³-hybridized carbons (Fsp3) is 0.300. The lowest BCUT2D eigenvalue weighted by molar-refractivity contribution is 0.210. The minimum atomic E-state index is -3.63. The molecule has 0 amide bonds. The van der Waals surface area contributed by atoms with E-state index < -0.39 is 10.0 Å². The number of ether oxygens (including phenoxy) is 1. The molecule has 0 radical (unpaired) electrons. The molecule has 0 unspecified atom stereocenters. The van der Waals surface area contributed by atoms with Crippen LogP contribution in [0.2, 0.25) is 0 Å². The van der Waals surface area contributed by atoms with E-state index in [0.29, 0.717) is 18.0 Å². The summed E-state index contributed by atoms with van der Waals surface area (Å²) >= 11 is 0. The quantitative estimate of drug-likeness (QED) is 0.674. The number of nitrogens with one attached hydrogen (secondary N) is 2. The molecule has 0 bridgehead atoms.